The molecule has 1 aromatic heterocycles. The topological polar surface area (TPSA) is 37.6 Å². The van der Waals surface area contributed by atoms with Crippen LogP contribution in [0.2, 0.25) is 0 Å². The van der Waals surface area contributed by atoms with Crippen molar-refractivity contribution in [1.82, 2.24) is 10.2 Å². The Hall–Kier alpha value is -0.840. The maximum Gasteiger partial charge on any atom is 0.123 e. The lowest BCUT2D eigenvalue weighted by Gasteiger charge is -2.30. The lowest BCUT2D eigenvalue weighted by atomic mass is 10.2. The molecule has 0 amide bonds. The summed E-state index contributed by atoms with van der Waals surface area (Å²) >= 11 is 0. The van der Waals surface area contributed by atoms with Gasteiger partial charge in [-0.3, -0.25) is 4.90 Å². The Labute approximate surface area is 117 Å². The average molecular weight is 268 g/mol. The summed E-state index contributed by atoms with van der Waals surface area (Å²) in [7, 11) is 1.91. The van der Waals surface area contributed by atoms with E-state index in [4.69, 9.17) is 9.15 Å². The Morgan fingerprint density at radius 2 is 1.95 bits per heavy atom. The van der Waals surface area contributed by atoms with Crippen molar-refractivity contribution in [2.24, 2.45) is 0 Å². The molecule has 0 atom stereocenters. The summed E-state index contributed by atoms with van der Waals surface area (Å²) < 4.78 is 11.2. The number of nitrogens with zero attached hydrogens (tertiary/aromatic N) is 1. The molecule has 1 heterocycles. The number of furan rings is 1. The molecular formula is C15H28N2O2. The Morgan fingerprint density at radius 3 is 2.53 bits per heavy atom. The van der Waals surface area contributed by atoms with Crippen molar-refractivity contribution in [3.8, 4) is 0 Å². The molecule has 0 radical (unpaired) electrons. The minimum Gasteiger partial charge on any atom is -0.468 e. The van der Waals surface area contributed by atoms with Crippen molar-refractivity contribution in [1.29, 1.82) is 0 Å². The molecule has 0 unspecified atom stereocenters. The highest BCUT2D eigenvalue weighted by atomic mass is 16.5. The van der Waals surface area contributed by atoms with Crippen LogP contribution in [-0.2, 0) is 17.9 Å². The Morgan fingerprint density at radius 1 is 1.26 bits per heavy atom. The summed E-state index contributed by atoms with van der Waals surface area (Å²) in [5.41, 5.74) is 1.13. The summed E-state index contributed by atoms with van der Waals surface area (Å²) in [5.74, 6) is 0.965. The third kappa shape index (κ3) is 5.35. The maximum atomic E-state index is 5.77. The molecule has 1 aromatic rings. The Kier molecular flexibility index (Phi) is 7.13. The summed E-state index contributed by atoms with van der Waals surface area (Å²) in [6.07, 6.45) is 1.72. The van der Waals surface area contributed by atoms with Crippen LogP contribution in [0, 0.1) is 0 Å². The van der Waals surface area contributed by atoms with Gasteiger partial charge in [0.15, 0.2) is 0 Å². The third-order valence-corrected chi connectivity index (χ3v) is 3.25. The summed E-state index contributed by atoms with van der Waals surface area (Å²) in [4.78, 5) is 2.43. The molecule has 0 spiro atoms. The zero-order chi connectivity index (χ0) is 14.3. The van der Waals surface area contributed by atoms with E-state index in [2.05, 4.69) is 37.9 Å². The highest BCUT2D eigenvalue weighted by molar-refractivity contribution is 5.15. The Balaban J connectivity index is 2.31. The maximum absolute atomic E-state index is 5.77. The molecule has 0 aromatic carbocycles. The van der Waals surface area contributed by atoms with E-state index in [1.165, 1.54) is 0 Å². The molecular weight excluding hydrogens is 240 g/mol. The number of nitrogens with one attached hydrogen (secondary N) is 1. The Bertz CT molecular complexity index is 340. The SMILES string of the molecule is CNCc1occc1COCCN(C(C)C)C(C)C. The van der Waals surface area contributed by atoms with Gasteiger partial charge < -0.3 is 14.5 Å². The van der Waals surface area contributed by atoms with Gasteiger partial charge in [0.1, 0.15) is 5.76 Å². The van der Waals surface area contributed by atoms with Crippen molar-refractivity contribution in [2.45, 2.75) is 52.9 Å². The quantitative estimate of drug-likeness (QED) is 0.699. The molecule has 0 saturated carbocycles. The van der Waals surface area contributed by atoms with E-state index < -0.39 is 0 Å². The second-order valence-electron chi connectivity index (χ2n) is 5.38. The van der Waals surface area contributed by atoms with Crippen LogP contribution in [0.5, 0.6) is 0 Å². The van der Waals surface area contributed by atoms with Crippen LogP contribution in [0.15, 0.2) is 16.7 Å². The van der Waals surface area contributed by atoms with E-state index in [1.807, 2.05) is 13.1 Å². The van der Waals surface area contributed by atoms with Crippen molar-refractivity contribution < 1.29 is 9.15 Å². The molecule has 0 aliphatic heterocycles. The normalized spacial score (nSPS) is 12.0. The third-order valence-electron chi connectivity index (χ3n) is 3.25. The first-order valence-electron chi connectivity index (χ1n) is 7.09. The molecule has 4 nitrogen and oxygen atoms in total. The first-order valence-corrected chi connectivity index (χ1v) is 7.09. The van der Waals surface area contributed by atoms with Crippen LogP contribution in [-0.4, -0.2) is 37.2 Å². The summed E-state index contributed by atoms with van der Waals surface area (Å²) in [6.45, 7) is 12.0. The van der Waals surface area contributed by atoms with Crippen LogP contribution >= 0.6 is 0 Å². The molecule has 0 aliphatic rings. The van der Waals surface area contributed by atoms with Crippen LogP contribution in [0.25, 0.3) is 0 Å². The van der Waals surface area contributed by atoms with Crippen LogP contribution in [0.1, 0.15) is 39.0 Å². The van der Waals surface area contributed by atoms with E-state index in [0.29, 0.717) is 18.7 Å². The average Bonchev–Trinajstić information content (AvgIpc) is 2.76. The molecule has 0 saturated heterocycles. The van der Waals surface area contributed by atoms with Gasteiger partial charge in [-0.25, -0.2) is 0 Å². The number of hydrogen-bond acceptors (Lipinski definition) is 4. The summed E-state index contributed by atoms with van der Waals surface area (Å²) in [6, 6.07) is 3.09. The van der Waals surface area contributed by atoms with E-state index in [1.54, 1.807) is 6.26 Å². The first-order chi connectivity index (χ1) is 9.06. The molecule has 4 heteroatoms. The lowest BCUT2D eigenvalue weighted by Crippen LogP contribution is -2.39. The van der Waals surface area contributed by atoms with Gasteiger partial charge in [0.2, 0.25) is 0 Å². The van der Waals surface area contributed by atoms with Crippen LogP contribution in [0.4, 0.5) is 0 Å². The minimum atomic E-state index is 0.553. The number of rotatable bonds is 9. The fourth-order valence-corrected chi connectivity index (χ4v) is 2.28. The molecule has 1 rings (SSSR count). The predicted octanol–water partition coefficient (Wildman–Crippen LogP) is 2.63. The van der Waals surface area contributed by atoms with Crippen LogP contribution < -0.4 is 5.32 Å². The molecule has 0 bridgehead atoms. The van der Waals surface area contributed by atoms with Crippen molar-refractivity contribution in [3.63, 3.8) is 0 Å². The largest absolute Gasteiger partial charge is 0.468 e. The molecule has 0 fully saturated rings. The smallest absolute Gasteiger partial charge is 0.123 e. The molecule has 1 N–H and O–H groups in total. The zero-order valence-electron chi connectivity index (χ0n) is 12.9. The van der Waals surface area contributed by atoms with Crippen molar-refractivity contribution in [2.75, 3.05) is 20.2 Å². The van der Waals surface area contributed by atoms with Crippen molar-refractivity contribution in [3.05, 3.63) is 23.7 Å². The van der Waals surface area contributed by atoms with Crippen LogP contribution in [0.3, 0.4) is 0 Å². The monoisotopic (exact) mass is 268 g/mol. The fourth-order valence-electron chi connectivity index (χ4n) is 2.28. The highest BCUT2D eigenvalue weighted by Gasteiger charge is 2.13. The number of hydrogen-bond donors (Lipinski definition) is 1. The predicted molar refractivity (Wildman–Crippen MR) is 78.1 cm³/mol. The van der Waals surface area contributed by atoms with Gasteiger partial charge in [0.05, 0.1) is 26.0 Å². The van der Waals surface area contributed by atoms with Gasteiger partial charge >= 0.3 is 0 Å². The zero-order valence-corrected chi connectivity index (χ0v) is 12.9. The second kappa shape index (κ2) is 8.35. The van der Waals surface area contributed by atoms with Gasteiger partial charge in [0.25, 0.3) is 0 Å². The van der Waals surface area contributed by atoms with Gasteiger partial charge in [-0.05, 0) is 40.8 Å². The van der Waals surface area contributed by atoms with Gasteiger partial charge in [-0.15, -0.1) is 0 Å². The van der Waals surface area contributed by atoms with E-state index >= 15 is 0 Å². The van der Waals surface area contributed by atoms with Crippen molar-refractivity contribution >= 4 is 0 Å². The van der Waals surface area contributed by atoms with E-state index in [0.717, 1.165) is 31.0 Å². The van der Waals surface area contributed by atoms with Gasteiger partial charge in [-0.2, -0.15) is 0 Å². The van der Waals surface area contributed by atoms with Gasteiger partial charge in [0, 0.05) is 24.2 Å². The number of ether oxygens (including phenoxy) is 1. The minimum absolute atomic E-state index is 0.553. The molecule has 110 valence electrons. The lowest BCUT2D eigenvalue weighted by molar-refractivity contribution is 0.0693. The molecule has 0 aliphatic carbocycles. The molecule has 19 heavy (non-hydrogen) atoms. The highest BCUT2D eigenvalue weighted by Crippen LogP contribution is 2.12. The standard InChI is InChI=1S/C15H28N2O2/c1-12(2)17(13(3)4)7-9-18-11-14-6-8-19-15(14)10-16-5/h6,8,12-13,16H,7,9-11H2,1-5H3. The summed E-state index contributed by atoms with van der Waals surface area (Å²) in [5, 5.41) is 3.09. The fraction of sp³-hybridized carbons (Fsp3) is 0.733. The van der Waals surface area contributed by atoms with E-state index in [-0.39, 0.29) is 0 Å². The first kappa shape index (κ1) is 16.2. The van der Waals surface area contributed by atoms with E-state index in [9.17, 15) is 0 Å². The van der Waals surface area contributed by atoms with Gasteiger partial charge in [-0.1, -0.05) is 0 Å². The second-order valence-corrected chi connectivity index (χ2v) is 5.38.